The number of nitrogens with two attached hydrogens (primary N) is 2. The zero-order chi connectivity index (χ0) is 66.9. The van der Waals surface area contributed by atoms with E-state index in [0.29, 0.717) is 18.1 Å². The van der Waals surface area contributed by atoms with Gasteiger partial charge in [-0.1, -0.05) is 49.2 Å². The van der Waals surface area contributed by atoms with Gasteiger partial charge in [0.2, 0.25) is 0 Å². The van der Waals surface area contributed by atoms with E-state index in [-0.39, 0.29) is 99.9 Å². The molecule has 0 bridgehead atoms. The number of aliphatic carboxylic acids is 5. The number of hydrogen-bond acceptors (Lipinski definition) is 16. The maximum Gasteiger partial charge on any atom is 0.378 e. The molecule has 2 amide bonds. The standard InChI is InChI=1S/C25H29ClN2O5S.C24H28ClN3O8S.C2H3BO2.3C2H4O2.Fe.Na/c1-16(11-23(29)30)14-34(27,32)28-24(31)19-4-7-22-18(12-19)8-10-25(15-33-22)9-2-3-17-13-20(26)5-6-21(17)25;1-15(10-22(29)30)13-37(26,34)27-23(31)17-5-8-21(20(12-17)28(32)33)36-14-24(35-2)9-3-4-16-11-18(25)6-7-19(16)24;1-2(4)5-3;3*1-2(3)4;;/h4-7,12-13,16H,2-3,8-11,14-15H2,1H3,(H,29,30)(H2,27,28,31,32);5-8,11-12,15H,3-4,9-10,13-14H2,1-2H3,(H,29,30)(H2,26,27,31,34);1H3;3*1H3,(H,3,4);;/t16-,25-,34?;15-,24-,37?;;;;;;/m00....../s1. The van der Waals surface area contributed by atoms with Crippen LogP contribution >= 0.6 is 23.2 Å². The van der Waals surface area contributed by atoms with Gasteiger partial charge in [-0.05, 0) is 146 Å². The third-order valence-electron chi connectivity index (χ3n) is 13.0. The summed E-state index contributed by atoms with van der Waals surface area (Å²) in [5, 5.41) is 64.5. The first-order valence-electron chi connectivity index (χ1n) is 26.7. The fraction of sp³-hybridized carbons (Fsp3) is 0.439. The largest absolute Gasteiger partial charge is 0.544 e. The van der Waals surface area contributed by atoms with Gasteiger partial charge in [-0.25, -0.2) is 18.7 Å². The summed E-state index contributed by atoms with van der Waals surface area (Å²) in [6.07, 6.45) is 6.49. The van der Waals surface area contributed by atoms with Crippen LogP contribution in [-0.4, -0.2) is 156 Å². The number of rotatable bonds is 15. The van der Waals surface area contributed by atoms with Crippen LogP contribution < -0.4 is 19.8 Å². The molecule has 0 saturated carbocycles. The summed E-state index contributed by atoms with van der Waals surface area (Å²) in [7, 11) is -1.02. The number of ether oxygens (including phenoxy) is 3. The number of aryl methyl sites for hydroxylation is 3. The predicted octanol–water partition coefficient (Wildman–Crippen LogP) is 8.15. The number of amides is 2. The summed E-state index contributed by atoms with van der Waals surface area (Å²) in [6.45, 7) is 8.16. The van der Waals surface area contributed by atoms with E-state index in [9.17, 15) is 42.5 Å². The summed E-state index contributed by atoms with van der Waals surface area (Å²) in [4.78, 5) is 94.5. The molecule has 26 nitrogen and oxygen atoms in total. The molecule has 2 unspecified atom stereocenters. The van der Waals surface area contributed by atoms with Gasteiger partial charge in [-0.15, -0.1) is 8.73 Å². The van der Waals surface area contributed by atoms with Gasteiger partial charge in [-0.2, -0.15) is 0 Å². The van der Waals surface area contributed by atoms with Crippen LogP contribution in [0.5, 0.6) is 11.5 Å². The topological polar surface area (TPSA) is 429 Å². The van der Waals surface area contributed by atoms with Crippen LogP contribution in [0.1, 0.15) is 135 Å². The second kappa shape index (κ2) is 39.4. The van der Waals surface area contributed by atoms with Crippen molar-refractivity contribution in [3.63, 3.8) is 0 Å². The molecule has 4 aromatic carbocycles. The Kier molecular flexibility index (Phi) is 36.8. The molecule has 6 atom stereocenters. The molecule has 33 heteroatoms. The normalized spacial score (nSPS) is 17.4. The predicted molar refractivity (Wildman–Crippen MR) is 332 cm³/mol. The molecule has 90 heavy (non-hydrogen) atoms. The molecule has 3 aliphatic rings. The zero-order valence-electron chi connectivity index (χ0n) is 50.8. The first-order chi connectivity index (χ1) is 40.9. The Labute approximate surface area is 565 Å². The minimum atomic E-state index is -3.55. The van der Waals surface area contributed by atoms with Crippen molar-refractivity contribution in [2.45, 2.75) is 117 Å². The van der Waals surface area contributed by atoms with Crippen LogP contribution in [0.25, 0.3) is 0 Å². The number of carbonyl (C=O) groups excluding carboxylic acids is 3. The molecular formula is C57H72BCl2FeN5NaO21S2. The first-order valence-corrected chi connectivity index (χ1v) is 31.0. The van der Waals surface area contributed by atoms with E-state index in [4.69, 9.17) is 87.6 Å². The number of nitrogens with zero attached hydrogens (tertiary/aromatic N) is 3. The second-order valence-electron chi connectivity index (χ2n) is 20.7. The van der Waals surface area contributed by atoms with Gasteiger partial charge in [0.05, 0.1) is 11.5 Å². The molecule has 0 fully saturated rings. The number of nitro benzene ring substituents is 1. The van der Waals surface area contributed by atoms with Gasteiger partial charge in [-0.3, -0.25) is 48.5 Å². The van der Waals surface area contributed by atoms with E-state index >= 15 is 0 Å². The molecule has 3 radical (unpaired) electrons. The van der Waals surface area contributed by atoms with E-state index in [1.165, 1.54) is 37.1 Å². The Hall–Kier alpha value is -6.02. The molecule has 1 heterocycles. The summed E-state index contributed by atoms with van der Waals surface area (Å²) < 4.78 is 54.0. The molecule has 0 aromatic heterocycles. The molecule has 1 spiro atoms. The van der Waals surface area contributed by atoms with Crippen molar-refractivity contribution in [2.24, 2.45) is 30.8 Å². The SMILES string of the molecule is CC(=O)O.CC(=O)O.CC(=O)O.CO[C@]1(COc2ccc(C(=O)N=S(N)(=O)C[C@@H](C)CC(=O)O)cc2[N+](=O)[O-])CCCc2cc(Cl)ccc21.C[C@@H](CC(=O)O)CS(N)(=O)=NC(=O)c1ccc2c(c1)CC[C@@]1(CCCc3cc(Cl)ccc31)CO2.[B]OC(C)=O.[Fe].[Na]. The minimum absolute atomic E-state index is 0. The van der Waals surface area contributed by atoms with Crippen molar-refractivity contribution in [1.29, 1.82) is 0 Å². The van der Waals surface area contributed by atoms with Crippen molar-refractivity contribution in [1.82, 2.24) is 0 Å². The maximum atomic E-state index is 12.7. The van der Waals surface area contributed by atoms with E-state index in [0.717, 1.165) is 99.2 Å². The van der Waals surface area contributed by atoms with Gasteiger partial charge in [0.25, 0.3) is 35.7 Å². The smallest absolute Gasteiger partial charge is 0.378 e. The quantitative estimate of drug-likeness (QED) is 0.0335. The number of carboxylic acids is 5. The number of methoxy groups -OCH3 is 1. The van der Waals surface area contributed by atoms with Gasteiger partial charge in [0.15, 0.2) is 5.75 Å². The van der Waals surface area contributed by atoms with E-state index in [2.05, 4.69) is 33.6 Å². The van der Waals surface area contributed by atoms with Crippen molar-refractivity contribution >= 4 is 134 Å². The van der Waals surface area contributed by atoms with Crippen molar-refractivity contribution in [2.75, 3.05) is 31.8 Å². The average molecular weight is 1390 g/mol. The molecule has 489 valence electrons. The van der Waals surface area contributed by atoms with Crippen LogP contribution in [0.4, 0.5) is 5.69 Å². The van der Waals surface area contributed by atoms with Gasteiger partial charge >= 0.3 is 25.7 Å². The molecule has 2 aliphatic carbocycles. The number of fused-ring (bicyclic) bond motifs is 4. The van der Waals surface area contributed by atoms with Crippen molar-refractivity contribution in [3.05, 3.63) is 132 Å². The van der Waals surface area contributed by atoms with E-state index < -0.39 is 95.5 Å². The average Bonchev–Trinajstić information content (AvgIpc) is 1.28. The van der Waals surface area contributed by atoms with E-state index in [1.807, 2.05) is 18.2 Å². The molecule has 1 aliphatic heterocycles. The fourth-order valence-corrected chi connectivity index (χ4v) is 12.8. The number of halogens is 2. The van der Waals surface area contributed by atoms with Crippen LogP contribution in [0.3, 0.4) is 0 Å². The minimum Gasteiger partial charge on any atom is -0.544 e. The van der Waals surface area contributed by atoms with Crippen molar-refractivity contribution < 1.29 is 113 Å². The van der Waals surface area contributed by atoms with Crippen LogP contribution in [0.15, 0.2) is 81.5 Å². The number of carboxylic acid groups (broad SMARTS) is 5. The zero-order valence-corrected chi connectivity index (χ0v) is 57.0. The molecule has 4 aromatic rings. The summed E-state index contributed by atoms with van der Waals surface area (Å²) >= 11 is 12.4. The van der Waals surface area contributed by atoms with Crippen LogP contribution in [0.2, 0.25) is 10.0 Å². The third kappa shape index (κ3) is 29.5. The number of benzene rings is 4. The molecular weight excluding hydrogens is 1320 g/mol. The second-order valence-corrected chi connectivity index (χ2v) is 25.4. The monoisotopic (exact) mass is 1390 g/mol. The van der Waals surface area contributed by atoms with Crippen LogP contribution in [-0.2, 0) is 105 Å². The number of nitro groups is 1. The van der Waals surface area contributed by atoms with Crippen molar-refractivity contribution in [3.8, 4) is 11.5 Å². The Morgan fingerprint density at radius 2 is 1.12 bits per heavy atom. The Balaban J connectivity index is 0.00000138. The first kappa shape index (κ1) is 84.0. The maximum absolute atomic E-state index is 12.7. The van der Waals surface area contributed by atoms with Gasteiger partial charge < -0.3 is 44.4 Å². The van der Waals surface area contributed by atoms with Crippen LogP contribution in [0, 0.1) is 22.0 Å². The summed E-state index contributed by atoms with van der Waals surface area (Å²) in [5.41, 5.74) is 4.05. The summed E-state index contributed by atoms with van der Waals surface area (Å²) in [5.74, 6) is -7.65. The molecule has 9 N–H and O–H groups in total. The Bertz CT molecular complexity index is 3440. The van der Waals surface area contributed by atoms with Gasteiger partial charge in [0.1, 0.15) is 37.8 Å². The molecule has 0 saturated heterocycles. The molecule has 7 rings (SSSR count). The Morgan fingerprint density at radius 3 is 1.57 bits per heavy atom. The Morgan fingerprint density at radius 1 is 0.689 bits per heavy atom. The van der Waals surface area contributed by atoms with E-state index in [1.54, 1.807) is 38.3 Å². The summed E-state index contributed by atoms with van der Waals surface area (Å²) in [6, 6.07) is 20.2. The fourth-order valence-electron chi connectivity index (χ4n) is 9.59. The number of carbonyl (C=O) groups is 8. The third-order valence-corrected chi connectivity index (χ3v) is 16.5. The number of hydrogen-bond donors (Lipinski definition) is 7. The van der Waals surface area contributed by atoms with Gasteiger partial charge in [0, 0.05) is 138 Å².